The number of hydrogen-bond acceptors (Lipinski definition) is 4. The van der Waals surface area contributed by atoms with Gasteiger partial charge in [0.2, 0.25) is 0 Å². The number of unbranched alkanes of at least 4 members (excludes halogenated alkanes) is 5. The van der Waals surface area contributed by atoms with E-state index >= 15 is 0 Å². The Hall–Kier alpha value is -2.65. The van der Waals surface area contributed by atoms with E-state index in [2.05, 4.69) is 39.9 Å². The lowest BCUT2D eigenvalue weighted by Gasteiger charge is -2.29. The summed E-state index contributed by atoms with van der Waals surface area (Å²) in [7, 11) is -1.29. The molecule has 0 bridgehead atoms. The lowest BCUT2D eigenvalue weighted by molar-refractivity contribution is 0.0734. The van der Waals surface area contributed by atoms with Crippen LogP contribution in [0.1, 0.15) is 94.5 Å². The van der Waals surface area contributed by atoms with Crippen LogP contribution in [-0.2, 0) is 5.41 Å². The van der Waals surface area contributed by atoms with Gasteiger partial charge in [0.1, 0.15) is 5.75 Å². The van der Waals surface area contributed by atoms with E-state index in [-0.39, 0.29) is 11.3 Å². The number of ether oxygens (including phenoxy) is 2. The van der Waals surface area contributed by atoms with Gasteiger partial charge in [-0.15, -0.1) is 0 Å². The van der Waals surface area contributed by atoms with Crippen molar-refractivity contribution < 1.29 is 18.7 Å². The Morgan fingerprint density at radius 1 is 1.10 bits per heavy atom. The average Bonchev–Trinajstić information content (AvgIpc) is 3.66. The van der Waals surface area contributed by atoms with Gasteiger partial charge in [0.15, 0.2) is 11.6 Å². The Morgan fingerprint density at radius 3 is 2.44 bits per heavy atom. The Bertz CT molecular complexity index is 1130. The summed E-state index contributed by atoms with van der Waals surface area (Å²) in [5.41, 5.74) is 1.46. The number of hydrogen-bond donors (Lipinski definition) is 0. The lowest BCUT2D eigenvalue weighted by Crippen LogP contribution is -2.30. The second-order valence-corrected chi connectivity index (χ2v) is 17.5. The summed E-state index contributed by atoms with van der Waals surface area (Å²) < 4.78 is 25.6. The van der Waals surface area contributed by atoms with Crippen LogP contribution in [0.15, 0.2) is 42.5 Å². The van der Waals surface area contributed by atoms with Gasteiger partial charge in [0, 0.05) is 0 Å². The van der Waals surface area contributed by atoms with Gasteiger partial charge < -0.3 is 9.47 Å². The first-order valence-electron chi connectivity index (χ1n) is 14.8. The average molecular weight is 552 g/mol. The molecule has 0 N–H and O–H groups in total. The normalized spacial score (nSPS) is 19.3. The second-order valence-electron chi connectivity index (χ2n) is 12.0. The summed E-state index contributed by atoms with van der Waals surface area (Å²) in [6, 6.07) is 15.2. The fraction of sp³-hybridized carbons (Fsp3) is 0.576. The molecule has 4 nitrogen and oxygen atoms in total. The first kappa shape index (κ1) is 30.9. The molecule has 212 valence electrons. The predicted octanol–water partition coefficient (Wildman–Crippen LogP) is 9.46. The molecule has 39 heavy (non-hydrogen) atoms. The highest BCUT2D eigenvalue weighted by molar-refractivity contribution is 6.78. The van der Waals surface area contributed by atoms with Gasteiger partial charge >= 0.3 is 5.97 Å². The Labute approximate surface area is 235 Å². The van der Waals surface area contributed by atoms with Crippen molar-refractivity contribution in [2.24, 2.45) is 5.92 Å². The number of nitrogens with zero attached hydrogens (tertiary/aromatic N) is 1. The van der Waals surface area contributed by atoms with Gasteiger partial charge in [0.05, 0.1) is 31.7 Å². The van der Waals surface area contributed by atoms with Gasteiger partial charge in [-0.25, -0.2) is 9.18 Å². The molecule has 0 heterocycles. The summed E-state index contributed by atoms with van der Waals surface area (Å²) in [6.45, 7) is 12.2. The van der Waals surface area contributed by atoms with Crippen LogP contribution in [0.3, 0.4) is 0 Å². The minimum absolute atomic E-state index is 0.132. The summed E-state index contributed by atoms with van der Waals surface area (Å²) in [6.07, 6.45) is 10.0. The van der Waals surface area contributed by atoms with Crippen LogP contribution in [0.25, 0.3) is 0 Å². The maximum Gasteiger partial charge on any atom is 0.343 e. The number of nitriles is 1. The van der Waals surface area contributed by atoms with E-state index in [0.29, 0.717) is 18.3 Å². The molecule has 1 fully saturated rings. The Morgan fingerprint density at radius 2 is 1.79 bits per heavy atom. The van der Waals surface area contributed by atoms with Crippen LogP contribution < -0.4 is 9.47 Å². The van der Waals surface area contributed by atoms with Crippen molar-refractivity contribution in [1.29, 1.82) is 5.26 Å². The molecule has 0 radical (unpaired) electrons. The van der Waals surface area contributed by atoms with E-state index < -0.39 is 25.3 Å². The zero-order valence-corrected chi connectivity index (χ0v) is 25.5. The molecule has 0 aliphatic heterocycles. The molecular weight excluding hydrogens is 505 g/mol. The molecule has 1 unspecified atom stereocenters. The number of benzene rings is 2. The van der Waals surface area contributed by atoms with Crippen molar-refractivity contribution in [2.75, 3.05) is 6.61 Å². The van der Waals surface area contributed by atoms with E-state index in [4.69, 9.17) is 9.47 Å². The van der Waals surface area contributed by atoms with Gasteiger partial charge in [-0.3, -0.25) is 0 Å². The molecule has 2 aromatic rings. The van der Waals surface area contributed by atoms with Crippen molar-refractivity contribution in [3.8, 4) is 17.6 Å². The standard InChI is InChI=1S/C33H46FNO3Si/c1-6-8-9-10-11-12-20-37-31-18-13-26(22-30(31)34)32(36)38-29-16-14-27(15-17-29)33(24-35)23-28(33)19-21-39(4,5)25(3)7-2/h13-18,22,25,28H,6-12,19-21,23H2,1-5H3/t25?,28-,33-/m0/s1. The summed E-state index contributed by atoms with van der Waals surface area (Å²) in [4.78, 5) is 12.6. The molecule has 6 heteroatoms. The van der Waals surface area contributed by atoms with Gasteiger partial charge in [-0.2, -0.15) is 5.26 Å². The first-order valence-corrected chi connectivity index (χ1v) is 18.1. The predicted molar refractivity (Wildman–Crippen MR) is 159 cm³/mol. The summed E-state index contributed by atoms with van der Waals surface area (Å²) in [5, 5.41) is 10.0. The summed E-state index contributed by atoms with van der Waals surface area (Å²) in [5.74, 6) is -0.276. The minimum Gasteiger partial charge on any atom is -0.491 e. The monoisotopic (exact) mass is 551 g/mol. The van der Waals surface area contributed by atoms with Crippen LogP contribution in [0.5, 0.6) is 11.5 Å². The fourth-order valence-electron chi connectivity index (χ4n) is 5.37. The lowest BCUT2D eigenvalue weighted by atomic mass is 9.94. The largest absolute Gasteiger partial charge is 0.491 e. The third kappa shape index (κ3) is 8.17. The maximum absolute atomic E-state index is 14.5. The third-order valence-corrected chi connectivity index (χ3v) is 13.5. The Balaban J connectivity index is 1.51. The van der Waals surface area contributed by atoms with Crippen LogP contribution >= 0.6 is 0 Å². The highest BCUT2D eigenvalue weighted by Crippen LogP contribution is 2.57. The minimum atomic E-state index is -1.29. The van der Waals surface area contributed by atoms with Crippen molar-refractivity contribution in [3.05, 3.63) is 59.4 Å². The number of esters is 1. The quantitative estimate of drug-likeness (QED) is 0.0902. The number of carbonyl (C=O) groups is 1. The fourth-order valence-corrected chi connectivity index (χ4v) is 8.06. The van der Waals surface area contributed by atoms with Crippen molar-refractivity contribution in [3.63, 3.8) is 0 Å². The van der Waals surface area contributed by atoms with E-state index in [1.165, 1.54) is 50.3 Å². The molecule has 0 amide bonds. The molecular formula is C33H46FNO3Si. The van der Waals surface area contributed by atoms with Gasteiger partial charge in [0.25, 0.3) is 0 Å². The second kappa shape index (κ2) is 14.1. The van der Waals surface area contributed by atoms with Crippen LogP contribution in [0.2, 0.25) is 24.7 Å². The molecule has 1 aliphatic rings. The van der Waals surface area contributed by atoms with Crippen LogP contribution in [0, 0.1) is 23.1 Å². The molecule has 0 aromatic heterocycles. The topological polar surface area (TPSA) is 59.3 Å². The SMILES string of the molecule is CCCCCCCCOc1ccc(C(=O)Oc2ccc([C@@]3(C#N)C[C@@H]3CC[Si](C)(C)C(C)CC)cc2)cc1F. The zero-order chi connectivity index (χ0) is 28.5. The molecule has 0 saturated heterocycles. The van der Waals surface area contributed by atoms with Crippen LogP contribution in [0.4, 0.5) is 4.39 Å². The maximum atomic E-state index is 14.5. The first-order chi connectivity index (χ1) is 18.7. The van der Waals surface area contributed by atoms with Gasteiger partial charge in [-0.05, 0) is 60.2 Å². The van der Waals surface area contributed by atoms with Crippen molar-refractivity contribution in [1.82, 2.24) is 0 Å². The highest BCUT2D eigenvalue weighted by Gasteiger charge is 2.56. The van der Waals surface area contributed by atoms with Gasteiger partial charge in [-0.1, -0.05) is 97.0 Å². The number of halogens is 1. The molecule has 1 saturated carbocycles. The Kier molecular flexibility index (Phi) is 11.2. The molecule has 0 spiro atoms. The number of rotatable bonds is 16. The molecule has 1 aliphatic carbocycles. The highest BCUT2D eigenvalue weighted by atomic mass is 28.3. The van der Waals surface area contributed by atoms with Crippen molar-refractivity contribution >= 4 is 14.0 Å². The molecule has 3 atom stereocenters. The van der Waals surface area contributed by atoms with E-state index in [1.54, 1.807) is 12.1 Å². The number of carbonyl (C=O) groups excluding carboxylic acids is 1. The van der Waals surface area contributed by atoms with E-state index in [9.17, 15) is 14.4 Å². The van der Waals surface area contributed by atoms with Crippen LogP contribution in [-0.4, -0.2) is 20.7 Å². The van der Waals surface area contributed by atoms with E-state index in [1.807, 2.05) is 12.1 Å². The zero-order valence-electron chi connectivity index (χ0n) is 24.5. The van der Waals surface area contributed by atoms with Crippen molar-refractivity contribution in [2.45, 2.75) is 109 Å². The third-order valence-electron chi connectivity index (χ3n) is 8.89. The molecule has 2 aromatic carbocycles. The smallest absolute Gasteiger partial charge is 0.343 e. The molecule has 3 rings (SSSR count). The van der Waals surface area contributed by atoms with E-state index in [0.717, 1.165) is 42.9 Å². The summed E-state index contributed by atoms with van der Waals surface area (Å²) >= 11 is 0.